The maximum atomic E-state index is 13.4. The third kappa shape index (κ3) is 3.56. The molecule has 0 aliphatic carbocycles. The Morgan fingerprint density at radius 3 is 2.35 bits per heavy atom. The lowest BCUT2D eigenvalue weighted by molar-refractivity contribution is 0.582. The molecule has 20 heavy (non-hydrogen) atoms. The summed E-state index contributed by atoms with van der Waals surface area (Å²) in [5.74, 6) is -0.682. The molecule has 0 aliphatic rings. The zero-order chi connectivity index (χ0) is 14.7. The lowest BCUT2D eigenvalue weighted by Crippen LogP contribution is -2.22. The first kappa shape index (κ1) is 14.9. The van der Waals surface area contributed by atoms with Crippen molar-refractivity contribution in [1.29, 1.82) is 0 Å². The molecule has 0 fully saturated rings. The van der Waals surface area contributed by atoms with E-state index in [9.17, 15) is 8.78 Å². The Morgan fingerprint density at radius 2 is 1.65 bits per heavy atom. The lowest BCUT2D eigenvalue weighted by atomic mass is 9.99. The Kier molecular flexibility index (Phi) is 4.73. The van der Waals surface area contributed by atoms with Crippen LogP contribution in [0.25, 0.3) is 11.1 Å². The standard InChI is InChI=1S/C16H16ClF2N/c1-10(2)20-9-11-7-12(18)3-5-14(11)15-8-13(19)4-6-16(15)17/h3-8,10,20H,9H2,1-2H3. The topological polar surface area (TPSA) is 12.0 Å². The summed E-state index contributed by atoms with van der Waals surface area (Å²) >= 11 is 6.12. The first-order chi connectivity index (χ1) is 9.47. The molecule has 0 heterocycles. The highest BCUT2D eigenvalue weighted by molar-refractivity contribution is 6.33. The van der Waals surface area contributed by atoms with Gasteiger partial charge in [0.05, 0.1) is 0 Å². The van der Waals surface area contributed by atoms with Crippen LogP contribution in [-0.4, -0.2) is 6.04 Å². The highest BCUT2D eigenvalue weighted by Crippen LogP contribution is 2.31. The molecular formula is C16H16ClF2N. The summed E-state index contributed by atoms with van der Waals surface area (Å²) in [4.78, 5) is 0. The van der Waals surface area contributed by atoms with E-state index in [2.05, 4.69) is 5.32 Å². The normalized spacial score (nSPS) is 11.1. The molecule has 0 aliphatic heterocycles. The molecular weight excluding hydrogens is 280 g/mol. The summed E-state index contributed by atoms with van der Waals surface area (Å²) in [6.07, 6.45) is 0. The molecule has 106 valence electrons. The van der Waals surface area contributed by atoms with E-state index in [0.717, 1.165) is 11.1 Å². The summed E-state index contributed by atoms with van der Waals surface area (Å²) in [7, 11) is 0. The third-order valence-electron chi connectivity index (χ3n) is 2.99. The number of halogens is 3. The Bertz CT molecular complexity index is 611. The molecule has 0 saturated carbocycles. The number of nitrogens with one attached hydrogen (secondary N) is 1. The fourth-order valence-corrected chi connectivity index (χ4v) is 2.21. The molecule has 0 spiro atoms. The van der Waals surface area contributed by atoms with Crippen LogP contribution < -0.4 is 5.32 Å². The molecule has 0 amide bonds. The third-order valence-corrected chi connectivity index (χ3v) is 3.32. The Balaban J connectivity index is 2.47. The molecule has 0 aromatic heterocycles. The highest BCUT2D eigenvalue weighted by atomic mass is 35.5. The molecule has 0 radical (unpaired) electrons. The predicted octanol–water partition coefficient (Wildman–Crippen LogP) is 4.78. The van der Waals surface area contributed by atoms with Gasteiger partial charge in [0.2, 0.25) is 0 Å². The van der Waals surface area contributed by atoms with Gasteiger partial charge in [-0.05, 0) is 41.5 Å². The van der Waals surface area contributed by atoms with Crippen molar-refractivity contribution in [2.24, 2.45) is 0 Å². The molecule has 2 aromatic carbocycles. The minimum absolute atomic E-state index is 0.272. The molecule has 1 nitrogen and oxygen atoms in total. The number of hydrogen-bond donors (Lipinski definition) is 1. The van der Waals surface area contributed by atoms with Gasteiger partial charge in [-0.3, -0.25) is 0 Å². The van der Waals surface area contributed by atoms with Gasteiger partial charge in [0.1, 0.15) is 11.6 Å². The van der Waals surface area contributed by atoms with Gasteiger partial charge in [0.25, 0.3) is 0 Å². The summed E-state index contributed by atoms with van der Waals surface area (Å²) in [5, 5.41) is 3.68. The van der Waals surface area contributed by atoms with Crippen molar-refractivity contribution in [2.75, 3.05) is 0 Å². The Morgan fingerprint density at radius 1 is 1.00 bits per heavy atom. The van der Waals surface area contributed by atoms with Gasteiger partial charge >= 0.3 is 0 Å². The maximum Gasteiger partial charge on any atom is 0.123 e. The molecule has 2 rings (SSSR count). The van der Waals surface area contributed by atoms with Crippen LogP contribution >= 0.6 is 11.6 Å². The van der Waals surface area contributed by atoms with Gasteiger partial charge in [-0.2, -0.15) is 0 Å². The van der Waals surface area contributed by atoms with Gasteiger partial charge in [0, 0.05) is 23.2 Å². The first-order valence-electron chi connectivity index (χ1n) is 6.44. The van der Waals surface area contributed by atoms with Crippen LogP contribution in [0.2, 0.25) is 5.02 Å². The van der Waals surface area contributed by atoms with Crippen LogP contribution in [0.5, 0.6) is 0 Å². The summed E-state index contributed by atoms with van der Waals surface area (Å²) < 4.78 is 26.8. The van der Waals surface area contributed by atoms with E-state index in [0.29, 0.717) is 17.1 Å². The average Bonchev–Trinajstić information content (AvgIpc) is 2.39. The zero-order valence-corrected chi connectivity index (χ0v) is 12.1. The fraction of sp³-hybridized carbons (Fsp3) is 0.250. The SMILES string of the molecule is CC(C)NCc1cc(F)ccc1-c1cc(F)ccc1Cl. The molecule has 2 aromatic rings. The minimum atomic E-state index is -0.364. The van der Waals surface area contributed by atoms with Gasteiger partial charge in [-0.15, -0.1) is 0 Å². The van der Waals surface area contributed by atoms with Crippen molar-refractivity contribution in [3.05, 3.63) is 58.6 Å². The number of rotatable bonds is 4. The van der Waals surface area contributed by atoms with Crippen LogP contribution in [-0.2, 0) is 6.54 Å². The predicted molar refractivity (Wildman–Crippen MR) is 78.8 cm³/mol. The molecule has 0 saturated heterocycles. The quantitative estimate of drug-likeness (QED) is 0.855. The van der Waals surface area contributed by atoms with Crippen molar-refractivity contribution < 1.29 is 8.78 Å². The summed E-state index contributed by atoms with van der Waals surface area (Å²) in [6.45, 7) is 4.51. The Hall–Kier alpha value is -1.45. The largest absolute Gasteiger partial charge is 0.310 e. The molecule has 0 bridgehead atoms. The van der Waals surface area contributed by atoms with E-state index in [1.54, 1.807) is 6.07 Å². The fourth-order valence-electron chi connectivity index (χ4n) is 1.99. The zero-order valence-electron chi connectivity index (χ0n) is 11.4. The molecule has 0 unspecified atom stereocenters. The summed E-state index contributed by atoms with van der Waals surface area (Å²) in [6, 6.07) is 8.90. The first-order valence-corrected chi connectivity index (χ1v) is 6.82. The van der Waals surface area contributed by atoms with Crippen LogP contribution in [0.3, 0.4) is 0 Å². The van der Waals surface area contributed by atoms with Crippen LogP contribution in [0, 0.1) is 11.6 Å². The van der Waals surface area contributed by atoms with Gasteiger partial charge in [-0.25, -0.2) is 8.78 Å². The molecule has 1 N–H and O–H groups in total. The van der Waals surface area contributed by atoms with Gasteiger partial charge < -0.3 is 5.32 Å². The number of hydrogen-bond acceptors (Lipinski definition) is 1. The smallest absolute Gasteiger partial charge is 0.123 e. The van der Waals surface area contributed by atoms with Crippen LogP contribution in [0.15, 0.2) is 36.4 Å². The maximum absolute atomic E-state index is 13.4. The Labute approximate surface area is 122 Å². The van der Waals surface area contributed by atoms with Crippen molar-refractivity contribution in [1.82, 2.24) is 5.32 Å². The van der Waals surface area contributed by atoms with E-state index >= 15 is 0 Å². The average molecular weight is 296 g/mol. The summed E-state index contributed by atoms with van der Waals surface area (Å²) in [5.41, 5.74) is 2.07. The van der Waals surface area contributed by atoms with Crippen molar-refractivity contribution in [2.45, 2.75) is 26.4 Å². The minimum Gasteiger partial charge on any atom is -0.310 e. The monoisotopic (exact) mass is 295 g/mol. The number of benzene rings is 2. The van der Waals surface area contributed by atoms with Gasteiger partial charge in [-0.1, -0.05) is 31.5 Å². The van der Waals surface area contributed by atoms with E-state index in [1.165, 1.54) is 30.3 Å². The van der Waals surface area contributed by atoms with Crippen molar-refractivity contribution in [3.63, 3.8) is 0 Å². The van der Waals surface area contributed by atoms with Gasteiger partial charge in [0.15, 0.2) is 0 Å². The van der Waals surface area contributed by atoms with E-state index in [4.69, 9.17) is 11.6 Å². The van der Waals surface area contributed by atoms with Crippen LogP contribution in [0.4, 0.5) is 8.78 Å². The van der Waals surface area contributed by atoms with E-state index in [-0.39, 0.29) is 17.7 Å². The second-order valence-corrected chi connectivity index (χ2v) is 5.37. The van der Waals surface area contributed by atoms with E-state index < -0.39 is 0 Å². The molecule has 4 heteroatoms. The lowest BCUT2D eigenvalue weighted by Gasteiger charge is -2.14. The second-order valence-electron chi connectivity index (χ2n) is 4.96. The van der Waals surface area contributed by atoms with Crippen LogP contribution in [0.1, 0.15) is 19.4 Å². The molecule has 0 atom stereocenters. The second kappa shape index (κ2) is 6.33. The van der Waals surface area contributed by atoms with Crippen molar-refractivity contribution >= 4 is 11.6 Å². The van der Waals surface area contributed by atoms with Crippen molar-refractivity contribution in [3.8, 4) is 11.1 Å². The van der Waals surface area contributed by atoms with E-state index in [1.807, 2.05) is 13.8 Å². The highest BCUT2D eigenvalue weighted by Gasteiger charge is 2.11.